The Morgan fingerprint density at radius 1 is 1.03 bits per heavy atom. The van der Waals surface area contributed by atoms with Gasteiger partial charge < -0.3 is 4.90 Å². The molecule has 2 aromatic carbocycles. The second kappa shape index (κ2) is 6.08. The molecule has 5 rings (SSSR count). The van der Waals surface area contributed by atoms with Gasteiger partial charge in [0.1, 0.15) is 0 Å². The molecule has 2 aromatic rings. The molecule has 1 saturated heterocycles. The quantitative estimate of drug-likeness (QED) is 0.692. The molecule has 0 spiro atoms. The van der Waals surface area contributed by atoms with Gasteiger partial charge in [-0.15, -0.1) is 0 Å². The molecule has 1 atom stereocenters. The van der Waals surface area contributed by atoms with Crippen LogP contribution in [0, 0.1) is 6.92 Å². The predicted molar refractivity (Wildman–Crippen MR) is 118 cm³/mol. The number of thioether (sulfide) groups is 1. The molecule has 3 heterocycles. The maximum Gasteiger partial charge on any atom is 0.290 e. The Kier molecular flexibility index (Phi) is 3.87. The minimum Gasteiger partial charge on any atom is -0.302 e. The molecule has 0 aliphatic carbocycles. The van der Waals surface area contributed by atoms with Gasteiger partial charge in [0.05, 0.1) is 16.2 Å². The van der Waals surface area contributed by atoms with Crippen molar-refractivity contribution in [2.24, 2.45) is 0 Å². The number of anilines is 1. The summed E-state index contributed by atoms with van der Waals surface area (Å²) in [6.45, 7) is 8.37. The zero-order valence-electron chi connectivity index (χ0n) is 17.3. The Balaban J connectivity index is 1.86. The average Bonchev–Trinajstić information content (AvgIpc) is 3.15. The maximum atomic E-state index is 13.7. The van der Waals surface area contributed by atoms with Crippen molar-refractivity contribution in [2.75, 3.05) is 4.90 Å². The molecule has 1 fully saturated rings. The number of carbonyl (C=O) groups is 3. The summed E-state index contributed by atoms with van der Waals surface area (Å²) < 4.78 is 0. The van der Waals surface area contributed by atoms with E-state index < -0.39 is 16.7 Å². The Morgan fingerprint density at radius 3 is 2.37 bits per heavy atom. The lowest BCUT2D eigenvalue weighted by molar-refractivity contribution is -0.116. The van der Waals surface area contributed by atoms with Gasteiger partial charge in [0, 0.05) is 16.5 Å². The fourth-order valence-corrected chi connectivity index (χ4v) is 6.11. The summed E-state index contributed by atoms with van der Waals surface area (Å²) in [5.41, 5.74) is 4.50. The van der Waals surface area contributed by atoms with E-state index in [1.165, 1.54) is 5.56 Å². The first kappa shape index (κ1) is 19.1. The number of benzene rings is 2. The normalized spacial score (nSPS) is 26.8. The smallest absolute Gasteiger partial charge is 0.290 e. The molecular weight excluding hydrogens is 396 g/mol. The molecule has 0 bridgehead atoms. The first-order valence-corrected chi connectivity index (χ1v) is 10.8. The van der Waals surface area contributed by atoms with E-state index in [4.69, 9.17) is 0 Å². The lowest BCUT2D eigenvalue weighted by atomic mass is 9.65. The van der Waals surface area contributed by atoms with Crippen molar-refractivity contribution in [2.45, 2.75) is 45.1 Å². The van der Waals surface area contributed by atoms with E-state index in [2.05, 4.69) is 44.3 Å². The van der Waals surface area contributed by atoms with E-state index in [9.17, 15) is 14.4 Å². The van der Waals surface area contributed by atoms with Crippen LogP contribution in [0.1, 0.15) is 49.4 Å². The number of nitrogens with one attached hydrogen (secondary N) is 1. The third-order valence-electron chi connectivity index (χ3n) is 6.40. The van der Waals surface area contributed by atoms with E-state index in [0.717, 1.165) is 40.6 Å². The van der Waals surface area contributed by atoms with Crippen LogP contribution in [0.4, 0.5) is 10.5 Å². The second-order valence-corrected chi connectivity index (χ2v) is 10.1. The summed E-state index contributed by atoms with van der Waals surface area (Å²) in [6, 6.07) is 14.5. The number of carbonyl (C=O) groups excluding carboxylic acids is 3. The molecule has 0 unspecified atom stereocenters. The Morgan fingerprint density at radius 2 is 1.73 bits per heavy atom. The van der Waals surface area contributed by atoms with E-state index in [1.807, 2.05) is 36.1 Å². The van der Waals surface area contributed by atoms with Crippen LogP contribution in [0.3, 0.4) is 0 Å². The van der Waals surface area contributed by atoms with Gasteiger partial charge in [0.2, 0.25) is 0 Å². The molecule has 30 heavy (non-hydrogen) atoms. The van der Waals surface area contributed by atoms with Gasteiger partial charge in [0.15, 0.2) is 0 Å². The highest BCUT2D eigenvalue weighted by atomic mass is 32.2. The molecule has 1 N–H and O–H groups in total. The lowest BCUT2D eigenvalue weighted by Crippen LogP contribution is -2.54. The Hall–Kier alpha value is -2.86. The van der Waals surface area contributed by atoms with Gasteiger partial charge in [-0.3, -0.25) is 19.7 Å². The van der Waals surface area contributed by atoms with Crippen molar-refractivity contribution in [3.8, 4) is 0 Å². The SMILES string of the molecule is Cc1cc2c3c(c1)[C@](C)(c1ccccc1)CC(C)(C)N3C(=O)/C2=C1/SC(=O)NC1=O. The van der Waals surface area contributed by atoms with E-state index >= 15 is 0 Å². The van der Waals surface area contributed by atoms with Crippen molar-refractivity contribution < 1.29 is 14.4 Å². The second-order valence-electron chi connectivity index (χ2n) is 9.08. The lowest BCUT2D eigenvalue weighted by Gasteiger charge is -2.50. The van der Waals surface area contributed by atoms with Crippen LogP contribution in [0.2, 0.25) is 0 Å². The molecule has 5 nitrogen and oxygen atoms in total. The molecule has 0 aromatic heterocycles. The summed E-state index contributed by atoms with van der Waals surface area (Å²) in [4.78, 5) is 39.9. The highest BCUT2D eigenvalue weighted by Crippen LogP contribution is 2.57. The molecule has 3 aliphatic heterocycles. The van der Waals surface area contributed by atoms with Crippen molar-refractivity contribution in [3.63, 3.8) is 0 Å². The van der Waals surface area contributed by atoms with Crippen LogP contribution >= 0.6 is 11.8 Å². The highest BCUT2D eigenvalue weighted by Gasteiger charge is 2.54. The maximum absolute atomic E-state index is 13.7. The zero-order chi connectivity index (χ0) is 21.4. The van der Waals surface area contributed by atoms with Gasteiger partial charge in [-0.25, -0.2) is 0 Å². The first-order valence-electron chi connectivity index (χ1n) is 9.96. The number of aryl methyl sites for hydroxylation is 1. The molecule has 3 aliphatic rings. The predicted octanol–water partition coefficient (Wildman–Crippen LogP) is 4.52. The minimum atomic E-state index is -0.493. The van der Waals surface area contributed by atoms with Crippen LogP contribution in [-0.2, 0) is 15.0 Å². The van der Waals surface area contributed by atoms with Gasteiger partial charge >= 0.3 is 0 Å². The third-order valence-corrected chi connectivity index (χ3v) is 7.29. The van der Waals surface area contributed by atoms with E-state index in [-0.39, 0.29) is 16.2 Å². The molecule has 6 heteroatoms. The number of nitrogens with zero attached hydrogens (tertiary/aromatic N) is 1. The van der Waals surface area contributed by atoms with Gasteiger partial charge in [-0.2, -0.15) is 0 Å². The molecule has 0 saturated carbocycles. The van der Waals surface area contributed by atoms with Crippen molar-refractivity contribution in [1.29, 1.82) is 0 Å². The van der Waals surface area contributed by atoms with E-state index in [0.29, 0.717) is 5.57 Å². The number of rotatable bonds is 1. The number of hydrogen-bond acceptors (Lipinski definition) is 4. The molecular formula is C24H22N2O3S. The largest absolute Gasteiger partial charge is 0.302 e. The van der Waals surface area contributed by atoms with Gasteiger partial charge in [-0.05, 0) is 56.1 Å². The van der Waals surface area contributed by atoms with Crippen molar-refractivity contribution >= 4 is 40.1 Å². The summed E-state index contributed by atoms with van der Waals surface area (Å²) in [7, 11) is 0. The number of imide groups is 1. The molecule has 3 amide bonds. The Labute approximate surface area is 179 Å². The average molecular weight is 419 g/mol. The summed E-state index contributed by atoms with van der Waals surface area (Å²) >= 11 is 0.812. The van der Waals surface area contributed by atoms with Crippen molar-refractivity contribution in [3.05, 3.63) is 69.6 Å². The van der Waals surface area contributed by atoms with E-state index in [1.54, 1.807) is 0 Å². The summed E-state index contributed by atoms with van der Waals surface area (Å²) in [5.74, 6) is -0.698. The standard InChI is InChI=1S/C24H22N2O3S/c1-13-10-15-17(19-20(27)25-22(29)30-19)21(28)26-18(15)16(11-13)24(4,12-23(26,2)3)14-8-6-5-7-9-14/h5-11H,12H2,1-4H3,(H,25,27,29)/b19-17+/t24-/m0/s1. The van der Waals surface area contributed by atoms with Gasteiger partial charge in [-0.1, -0.05) is 48.9 Å². The number of hydrogen-bond donors (Lipinski definition) is 1. The van der Waals surface area contributed by atoms with Crippen LogP contribution in [0.15, 0.2) is 47.4 Å². The first-order chi connectivity index (χ1) is 14.1. The summed E-state index contributed by atoms with van der Waals surface area (Å²) in [6.07, 6.45) is 0.743. The fourth-order valence-electron chi connectivity index (χ4n) is 5.34. The van der Waals surface area contributed by atoms with Gasteiger partial charge in [0.25, 0.3) is 17.1 Å². The molecule has 0 radical (unpaired) electrons. The number of amides is 3. The van der Waals surface area contributed by atoms with Crippen LogP contribution in [0.25, 0.3) is 5.57 Å². The monoisotopic (exact) mass is 418 g/mol. The highest BCUT2D eigenvalue weighted by molar-refractivity contribution is 8.18. The minimum absolute atomic E-state index is 0.199. The van der Waals surface area contributed by atoms with Crippen LogP contribution < -0.4 is 10.2 Å². The third kappa shape index (κ3) is 2.46. The molecule has 152 valence electrons. The Bertz CT molecular complexity index is 1180. The summed E-state index contributed by atoms with van der Waals surface area (Å²) in [5, 5.41) is 1.85. The van der Waals surface area contributed by atoms with Crippen LogP contribution in [-0.4, -0.2) is 22.6 Å². The topological polar surface area (TPSA) is 66.5 Å². The zero-order valence-corrected chi connectivity index (χ0v) is 18.1. The fraction of sp³-hybridized carbons (Fsp3) is 0.292. The van der Waals surface area contributed by atoms with Crippen LogP contribution in [0.5, 0.6) is 0 Å². The van der Waals surface area contributed by atoms with Crippen molar-refractivity contribution in [1.82, 2.24) is 5.32 Å².